The van der Waals surface area contributed by atoms with Gasteiger partial charge in [0.25, 0.3) is 17.7 Å². The topological polar surface area (TPSA) is 66.9 Å². The number of halogens is 5. The van der Waals surface area contributed by atoms with Gasteiger partial charge in [0, 0.05) is 5.69 Å². The Labute approximate surface area is 225 Å². The quantitative estimate of drug-likeness (QED) is 0.151. The second kappa shape index (κ2) is 9.23. The Morgan fingerprint density at radius 1 is 0.750 bits per heavy atom. The normalized spacial score (nSPS) is 19.0. The SMILES string of the molecule is CCOc1ccc([C@@H]2[C@H](N3C(=O)c4c(Cl)c(Cl)c(Cl)c(Cl)c4C3=O)C(=O)N2c2ccc(F)cc2)cc1. The summed E-state index contributed by atoms with van der Waals surface area (Å²) in [6, 6.07) is 10.2. The molecule has 0 bridgehead atoms. The van der Waals surface area contributed by atoms with E-state index < -0.39 is 35.6 Å². The standard InChI is InChI=1S/C25H15Cl4FN2O4/c1-2-36-14-9-3-11(4-10-14)21-22(25(35)31(21)13-7-5-12(30)6-8-13)32-23(33)15-16(24(32)34)18(27)20(29)19(28)17(15)26/h3-10,21-22H,2H2,1H3/t21-,22+/m1/s1. The monoisotopic (exact) mass is 566 g/mol. The number of amides is 3. The average Bonchev–Trinajstić information content (AvgIpc) is 3.12. The smallest absolute Gasteiger partial charge is 0.264 e. The number of ether oxygens (including phenoxy) is 1. The molecule has 2 heterocycles. The van der Waals surface area contributed by atoms with Crippen LogP contribution in [0.5, 0.6) is 5.75 Å². The maximum Gasteiger partial charge on any atom is 0.264 e. The van der Waals surface area contributed by atoms with Gasteiger partial charge in [-0.15, -0.1) is 0 Å². The number of benzene rings is 3. The van der Waals surface area contributed by atoms with Crippen LogP contribution in [-0.4, -0.2) is 35.3 Å². The lowest BCUT2D eigenvalue weighted by Gasteiger charge is -2.49. The third-order valence-electron chi connectivity index (χ3n) is 6.12. The molecular formula is C25H15Cl4FN2O4. The minimum absolute atomic E-state index is 0.166. The minimum atomic E-state index is -1.22. The van der Waals surface area contributed by atoms with Crippen molar-refractivity contribution in [3.8, 4) is 5.75 Å². The van der Waals surface area contributed by atoms with E-state index in [-0.39, 0.29) is 31.2 Å². The fourth-order valence-corrected chi connectivity index (χ4v) is 5.51. The highest BCUT2D eigenvalue weighted by Crippen LogP contribution is 2.49. The zero-order valence-corrected chi connectivity index (χ0v) is 21.4. The molecule has 0 N–H and O–H groups in total. The maximum atomic E-state index is 13.6. The van der Waals surface area contributed by atoms with Crippen molar-refractivity contribution in [3.63, 3.8) is 0 Å². The van der Waals surface area contributed by atoms with Crippen LogP contribution in [0.3, 0.4) is 0 Å². The number of nitrogens with zero attached hydrogens (tertiary/aromatic N) is 2. The summed E-state index contributed by atoms with van der Waals surface area (Å²) in [6.07, 6.45) is 0. The Morgan fingerprint density at radius 2 is 1.28 bits per heavy atom. The number of imide groups is 1. The van der Waals surface area contributed by atoms with E-state index in [9.17, 15) is 18.8 Å². The molecule has 0 aromatic heterocycles. The Bertz CT molecular complexity index is 1380. The van der Waals surface area contributed by atoms with Gasteiger partial charge in [-0.1, -0.05) is 58.5 Å². The Morgan fingerprint density at radius 3 is 1.78 bits per heavy atom. The summed E-state index contributed by atoms with van der Waals surface area (Å²) in [6.45, 7) is 2.31. The Hall–Kier alpha value is -2.84. The first kappa shape index (κ1) is 24.8. The van der Waals surface area contributed by atoms with Crippen molar-refractivity contribution >= 4 is 69.8 Å². The van der Waals surface area contributed by atoms with E-state index in [1.165, 1.54) is 29.2 Å². The molecule has 184 valence electrons. The number of hydrogen-bond donors (Lipinski definition) is 0. The summed E-state index contributed by atoms with van der Waals surface area (Å²) in [7, 11) is 0. The van der Waals surface area contributed by atoms with Crippen LogP contribution in [0.2, 0.25) is 20.1 Å². The second-order valence-corrected chi connectivity index (χ2v) is 9.57. The van der Waals surface area contributed by atoms with E-state index >= 15 is 0 Å². The highest BCUT2D eigenvalue weighted by Gasteiger charge is 2.58. The number of fused-ring (bicyclic) bond motifs is 1. The molecule has 0 spiro atoms. The molecule has 3 aromatic carbocycles. The number of carbonyl (C=O) groups is 3. The van der Waals surface area contributed by atoms with E-state index in [0.29, 0.717) is 23.6 Å². The second-order valence-electron chi connectivity index (χ2n) is 8.06. The summed E-state index contributed by atoms with van der Waals surface area (Å²) in [5.74, 6) is -2.03. The molecule has 0 aliphatic carbocycles. The lowest BCUT2D eigenvalue weighted by atomic mass is 9.86. The van der Waals surface area contributed by atoms with Gasteiger partial charge in [0.05, 0.1) is 43.9 Å². The number of rotatable bonds is 5. The first-order chi connectivity index (χ1) is 17.2. The van der Waals surface area contributed by atoms with Crippen molar-refractivity contribution in [2.24, 2.45) is 0 Å². The molecule has 1 fully saturated rings. The van der Waals surface area contributed by atoms with Gasteiger partial charge >= 0.3 is 0 Å². The molecule has 36 heavy (non-hydrogen) atoms. The summed E-state index contributed by atoms with van der Waals surface area (Å²) in [5.41, 5.74) is 0.603. The summed E-state index contributed by atoms with van der Waals surface area (Å²) in [4.78, 5) is 42.6. The number of anilines is 1. The van der Waals surface area contributed by atoms with Crippen molar-refractivity contribution in [3.05, 3.63) is 91.1 Å². The molecule has 0 saturated carbocycles. The van der Waals surface area contributed by atoms with Gasteiger partial charge in [0.15, 0.2) is 0 Å². The highest BCUT2D eigenvalue weighted by atomic mass is 35.5. The molecule has 0 unspecified atom stereocenters. The summed E-state index contributed by atoms with van der Waals surface area (Å²) in [5, 5.41) is -0.773. The minimum Gasteiger partial charge on any atom is -0.494 e. The first-order valence-electron chi connectivity index (χ1n) is 10.7. The average molecular weight is 568 g/mol. The Kier molecular flexibility index (Phi) is 6.37. The van der Waals surface area contributed by atoms with Gasteiger partial charge < -0.3 is 9.64 Å². The van der Waals surface area contributed by atoms with E-state index in [4.69, 9.17) is 51.1 Å². The molecule has 6 nitrogen and oxygen atoms in total. The molecule has 3 aromatic rings. The first-order valence-corrected chi connectivity index (χ1v) is 12.2. The van der Waals surface area contributed by atoms with Crippen molar-refractivity contribution < 1.29 is 23.5 Å². The predicted octanol–water partition coefficient (Wildman–Crippen LogP) is 6.59. The van der Waals surface area contributed by atoms with Crippen LogP contribution in [0.15, 0.2) is 48.5 Å². The van der Waals surface area contributed by atoms with E-state index in [0.717, 1.165) is 4.90 Å². The van der Waals surface area contributed by atoms with Gasteiger partial charge in [-0.05, 0) is 48.9 Å². The summed E-state index contributed by atoms with van der Waals surface area (Å²) >= 11 is 24.8. The molecular weight excluding hydrogens is 553 g/mol. The van der Waals surface area contributed by atoms with Gasteiger partial charge in [0.1, 0.15) is 17.6 Å². The molecule has 3 amide bonds. The summed E-state index contributed by atoms with van der Waals surface area (Å²) < 4.78 is 19.1. The van der Waals surface area contributed by atoms with Gasteiger partial charge in [-0.25, -0.2) is 4.39 Å². The van der Waals surface area contributed by atoms with E-state index in [2.05, 4.69) is 0 Å². The molecule has 2 aliphatic rings. The maximum absolute atomic E-state index is 13.6. The largest absolute Gasteiger partial charge is 0.494 e. The van der Waals surface area contributed by atoms with Crippen LogP contribution in [0, 0.1) is 5.82 Å². The van der Waals surface area contributed by atoms with Gasteiger partial charge in [-0.2, -0.15) is 0 Å². The van der Waals surface area contributed by atoms with Crippen molar-refractivity contribution in [2.75, 3.05) is 11.5 Å². The van der Waals surface area contributed by atoms with Gasteiger partial charge in [-0.3, -0.25) is 19.3 Å². The zero-order valence-electron chi connectivity index (χ0n) is 18.4. The van der Waals surface area contributed by atoms with Crippen molar-refractivity contribution in [2.45, 2.75) is 19.0 Å². The van der Waals surface area contributed by atoms with Crippen LogP contribution in [0.4, 0.5) is 10.1 Å². The van der Waals surface area contributed by atoms with Crippen LogP contribution in [-0.2, 0) is 4.79 Å². The fourth-order valence-electron chi connectivity index (χ4n) is 4.49. The predicted molar refractivity (Wildman–Crippen MR) is 135 cm³/mol. The number of hydrogen-bond acceptors (Lipinski definition) is 4. The van der Waals surface area contributed by atoms with Crippen LogP contribution in [0.25, 0.3) is 0 Å². The zero-order chi connectivity index (χ0) is 25.9. The molecule has 0 radical (unpaired) electrons. The van der Waals surface area contributed by atoms with Crippen LogP contribution < -0.4 is 9.64 Å². The van der Waals surface area contributed by atoms with E-state index in [1.807, 2.05) is 6.92 Å². The molecule has 2 atom stereocenters. The highest BCUT2D eigenvalue weighted by molar-refractivity contribution is 6.55. The Balaban J connectivity index is 1.60. The molecule has 1 saturated heterocycles. The fraction of sp³-hybridized carbons (Fsp3) is 0.160. The van der Waals surface area contributed by atoms with Gasteiger partial charge in [0.2, 0.25) is 0 Å². The molecule has 2 aliphatic heterocycles. The molecule has 11 heteroatoms. The van der Waals surface area contributed by atoms with Crippen molar-refractivity contribution in [1.82, 2.24) is 4.90 Å². The lowest BCUT2D eigenvalue weighted by molar-refractivity contribution is -0.130. The number of carbonyl (C=O) groups excluding carboxylic acids is 3. The lowest BCUT2D eigenvalue weighted by Crippen LogP contribution is -2.67. The third kappa shape index (κ3) is 3.65. The van der Waals surface area contributed by atoms with Crippen molar-refractivity contribution in [1.29, 1.82) is 0 Å². The third-order valence-corrected chi connectivity index (χ3v) is 7.92. The number of β-lactam (4-membered cyclic amide) rings is 1. The van der Waals surface area contributed by atoms with Crippen LogP contribution >= 0.6 is 46.4 Å². The molecule has 5 rings (SSSR count). The van der Waals surface area contributed by atoms with E-state index in [1.54, 1.807) is 24.3 Å². The van der Waals surface area contributed by atoms with Crippen LogP contribution in [0.1, 0.15) is 39.2 Å².